The van der Waals surface area contributed by atoms with Gasteiger partial charge in [-0.2, -0.15) is 0 Å². The molecule has 4 nitrogen and oxygen atoms in total. The first-order chi connectivity index (χ1) is 8.29. The lowest BCUT2D eigenvalue weighted by atomic mass is 9.66. The van der Waals surface area contributed by atoms with Crippen molar-refractivity contribution in [2.24, 2.45) is 5.41 Å². The fourth-order valence-corrected chi connectivity index (χ4v) is 2.00. The molecule has 0 saturated heterocycles. The van der Waals surface area contributed by atoms with Crippen molar-refractivity contribution in [2.45, 2.75) is 52.6 Å². The van der Waals surface area contributed by atoms with Crippen LogP contribution in [0.15, 0.2) is 12.2 Å². The maximum atomic E-state index is 12.0. The summed E-state index contributed by atoms with van der Waals surface area (Å²) in [5.41, 5.74) is -0.909. The molecule has 0 aliphatic heterocycles. The zero-order chi connectivity index (χ0) is 13.8. The largest absolute Gasteiger partial charge is 0.444 e. The van der Waals surface area contributed by atoms with Crippen LogP contribution in [-0.2, 0) is 9.53 Å². The Hall–Kier alpha value is -1.32. The molecule has 1 aliphatic rings. The fraction of sp³-hybridized carbons (Fsp3) is 0.714. The second kappa shape index (κ2) is 5.55. The minimum absolute atomic E-state index is 0.104. The average molecular weight is 253 g/mol. The van der Waals surface area contributed by atoms with Crippen LogP contribution in [0, 0.1) is 5.41 Å². The summed E-state index contributed by atoms with van der Waals surface area (Å²) in [6.07, 6.45) is 5.60. The van der Waals surface area contributed by atoms with Gasteiger partial charge in [0.15, 0.2) is 5.78 Å². The van der Waals surface area contributed by atoms with E-state index in [1.165, 1.54) is 0 Å². The van der Waals surface area contributed by atoms with Gasteiger partial charge in [0, 0.05) is 6.54 Å². The van der Waals surface area contributed by atoms with Gasteiger partial charge in [-0.25, -0.2) is 4.79 Å². The van der Waals surface area contributed by atoms with E-state index in [0.29, 0.717) is 6.54 Å². The lowest BCUT2D eigenvalue weighted by Crippen LogP contribution is -2.48. The summed E-state index contributed by atoms with van der Waals surface area (Å²) in [6, 6.07) is 0. The molecule has 102 valence electrons. The Balaban J connectivity index is 2.50. The molecule has 1 aliphatic carbocycles. The van der Waals surface area contributed by atoms with E-state index in [-0.39, 0.29) is 5.78 Å². The van der Waals surface area contributed by atoms with Crippen LogP contribution in [-0.4, -0.2) is 24.0 Å². The van der Waals surface area contributed by atoms with Crippen molar-refractivity contribution in [3.05, 3.63) is 12.2 Å². The Morgan fingerprint density at radius 2 is 1.94 bits per heavy atom. The van der Waals surface area contributed by atoms with Crippen molar-refractivity contribution in [3.63, 3.8) is 0 Å². The van der Waals surface area contributed by atoms with Gasteiger partial charge in [-0.3, -0.25) is 4.79 Å². The molecule has 1 rings (SSSR count). The summed E-state index contributed by atoms with van der Waals surface area (Å²) >= 11 is 0. The number of allylic oxidation sites excluding steroid dienone is 2. The number of amides is 1. The van der Waals surface area contributed by atoms with Gasteiger partial charge in [-0.15, -0.1) is 0 Å². The van der Waals surface area contributed by atoms with Crippen molar-refractivity contribution in [2.75, 3.05) is 6.54 Å². The Morgan fingerprint density at radius 1 is 1.33 bits per heavy atom. The Morgan fingerprint density at radius 3 is 2.33 bits per heavy atom. The highest BCUT2D eigenvalue weighted by Crippen LogP contribution is 2.41. The second-order valence-electron chi connectivity index (χ2n) is 5.85. The van der Waals surface area contributed by atoms with Crippen LogP contribution in [0.4, 0.5) is 4.79 Å². The van der Waals surface area contributed by atoms with Crippen molar-refractivity contribution in [3.8, 4) is 0 Å². The number of carbonyl (C=O) groups is 2. The third-order valence-corrected chi connectivity index (χ3v) is 3.12. The van der Waals surface area contributed by atoms with E-state index in [4.69, 9.17) is 4.74 Å². The van der Waals surface area contributed by atoms with E-state index in [9.17, 15) is 9.59 Å². The summed E-state index contributed by atoms with van der Waals surface area (Å²) in [5, 5.41) is 2.71. The highest BCUT2D eigenvalue weighted by molar-refractivity contribution is 5.95. The molecule has 0 bridgehead atoms. The summed E-state index contributed by atoms with van der Waals surface area (Å²) in [5.74, 6) is 0.104. The van der Waals surface area contributed by atoms with Crippen LogP contribution in [0.3, 0.4) is 0 Å². The summed E-state index contributed by atoms with van der Waals surface area (Å²) in [7, 11) is 0. The number of carbonyl (C=O) groups excluding carboxylic acids is 2. The van der Waals surface area contributed by atoms with E-state index in [2.05, 4.69) is 5.32 Å². The molecule has 18 heavy (non-hydrogen) atoms. The molecule has 1 fully saturated rings. The normalized spacial score (nSPS) is 18.2. The van der Waals surface area contributed by atoms with Crippen molar-refractivity contribution in [1.82, 2.24) is 5.32 Å². The minimum Gasteiger partial charge on any atom is -0.444 e. The van der Waals surface area contributed by atoms with Gasteiger partial charge in [-0.1, -0.05) is 12.5 Å². The van der Waals surface area contributed by atoms with Crippen LogP contribution < -0.4 is 5.32 Å². The molecule has 0 spiro atoms. The first-order valence-corrected chi connectivity index (χ1v) is 6.43. The molecule has 1 N–H and O–H groups in total. The third kappa shape index (κ3) is 3.86. The van der Waals surface area contributed by atoms with Gasteiger partial charge in [0.1, 0.15) is 5.60 Å². The van der Waals surface area contributed by atoms with Crippen LogP contribution in [0.25, 0.3) is 0 Å². The van der Waals surface area contributed by atoms with Gasteiger partial charge in [0.2, 0.25) is 0 Å². The van der Waals surface area contributed by atoms with E-state index in [0.717, 1.165) is 19.3 Å². The molecule has 0 aromatic heterocycles. The second-order valence-corrected chi connectivity index (χ2v) is 5.85. The van der Waals surface area contributed by atoms with Gasteiger partial charge >= 0.3 is 6.09 Å². The van der Waals surface area contributed by atoms with Gasteiger partial charge in [-0.05, 0) is 46.6 Å². The molecule has 0 unspecified atom stereocenters. The number of alkyl carbamates (subject to hydrolysis) is 1. The highest BCUT2D eigenvalue weighted by atomic mass is 16.6. The van der Waals surface area contributed by atoms with Crippen LogP contribution in [0.1, 0.15) is 47.0 Å². The fourth-order valence-electron chi connectivity index (χ4n) is 2.00. The molecule has 0 aromatic rings. The number of hydrogen-bond donors (Lipinski definition) is 1. The smallest absolute Gasteiger partial charge is 0.407 e. The first kappa shape index (κ1) is 14.7. The van der Waals surface area contributed by atoms with E-state index >= 15 is 0 Å². The number of hydrogen-bond acceptors (Lipinski definition) is 3. The topological polar surface area (TPSA) is 55.4 Å². The number of rotatable bonds is 4. The zero-order valence-electron chi connectivity index (χ0n) is 11.7. The van der Waals surface area contributed by atoms with Crippen molar-refractivity contribution < 1.29 is 14.3 Å². The average Bonchev–Trinajstić information content (AvgIpc) is 2.13. The lowest BCUT2D eigenvalue weighted by molar-refractivity contribution is -0.128. The van der Waals surface area contributed by atoms with Crippen LogP contribution in [0.2, 0.25) is 0 Å². The molecule has 0 atom stereocenters. The van der Waals surface area contributed by atoms with Crippen molar-refractivity contribution in [1.29, 1.82) is 0 Å². The molecular formula is C14H23NO3. The Kier molecular flexibility index (Phi) is 4.54. The predicted molar refractivity (Wildman–Crippen MR) is 70.3 cm³/mol. The predicted octanol–water partition coefficient (Wildman–Crippen LogP) is 2.83. The maximum absolute atomic E-state index is 12.0. The zero-order valence-corrected chi connectivity index (χ0v) is 11.7. The standard InChI is InChI=1S/C14H23NO3/c1-5-7-11(16)14(8-6-9-14)10-15-12(17)18-13(2,3)4/h5,7H,6,8-10H2,1-4H3,(H,15,17)/b7-5+. The lowest BCUT2D eigenvalue weighted by Gasteiger charge is -2.39. The Labute approximate surface area is 109 Å². The molecule has 0 radical (unpaired) electrons. The monoisotopic (exact) mass is 253 g/mol. The van der Waals surface area contributed by atoms with E-state index in [1.54, 1.807) is 12.2 Å². The quantitative estimate of drug-likeness (QED) is 0.784. The number of nitrogens with one attached hydrogen (secondary N) is 1. The minimum atomic E-state index is -0.510. The maximum Gasteiger partial charge on any atom is 0.407 e. The van der Waals surface area contributed by atoms with Crippen molar-refractivity contribution >= 4 is 11.9 Å². The Bertz CT molecular complexity index is 349. The first-order valence-electron chi connectivity index (χ1n) is 6.43. The number of ketones is 1. The summed E-state index contributed by atoms with van der Waals surface area (Å²) in [4.78, 5) is 23.5. The van der Waals surface area contributed by atoms with E-state index < -0.39 is 17.1 Å². The summed E-state index contributed by atoms with van der Waals surface area (Å²) in [6.45, 7) is 7.64. The van der Waals surface area contributed by atoms with Gasteiger partial charge in [0.25, 0.3) is 0 Å². The molecule has 4 heteroatoms. The molecule has 1 amide bonds. The number of ether oxygens (including phenoxy) is 1. The molecule has 0 aromatic carbocycles. The SMILES string of the molecule is C/C=C/C(=O)C1(CNC(=O)OC(C)(C)C)CCC1. The third-order valence-electron chi connectivity index (χ3n) is 3.12. The van der Waals surface area contributed by atoms with Gasteiger partial charge in [0.05, 0.1) is 5.41 Å². The highest BCUT2D eigenvalue weighted by Gasteiger charge is 2.42. The van der Waals surface area contributed by atoms with Gasteiger partial charge < -0.3 is 10.1 Å². The van der Waals surface area contributed by atoms with Crippen LogP contribution in [0.5, 0.6) is 0 Å². The van der Waals surface area contributed by atoms with Crippen LogP contribution >= 0.6 is 0 Å². The van der Waals surface area contributed by atoms with E-state index in [1.807, 2.05) is 27.7 Å². The molecule has 1 saturated carbocycles. The molecular weight excluding hydrogens is 230 g/mol. The molecule has 0 heterocycles. The summed E-state index contributed by atoms with van der Waals surface area (Å²) < 4.78 is 5.16.